The fourth-order valence-corrected chi connectivity index (χ4v) is 1.99. The third-order valence-corrected chi connectivity index (χ3v) is 3.76. The molecular formula is C16H26N2. The number of rotatable bonds is 7. The van der Waals surface area contributed by atoms with Crippen LogP contribution in [0.4, 0.5) is 0 Å². The summed E-state index contributed by atoms with van der Waals surface area (Å²) in [6.45, 7) is 6.63. The van der Waals surface area contributed by atoms with Gasteiger partial charge in [-0.1, -0.05) is 24.3 Å². The van der Waals surface area contributed by atoms with E-state index >= 15 is 0 Å². The van der Waals surface area contributed by atoms with Gasteiger partial charge in [-0.15, -0.1) is 0 Å². The zero-order valence-corrected chi connectivity index (χ0v) is 11.9. The van der Waals surface area contributed by atoms with Crippen molar-refractivity contribution in [2.75, 3.05) is 13.6 Å². The van der Waals surface area contributed by atoms with Crippen molar-refractivity contribution in [1.29, 1.82) is 0 Å². The van der Waals surface area contributed by atoms with E-state index in [-0.39, 0.29) is 0 Å². The standard InChI is InChI=1S/C16H26N2/c1-13(2)18(3)12-15-6-4-14(5-7-15)10-11-17-16-8-9-16/h4-7,13,16-17H,8-12H2,1-3H3. The summed E-state index contributed by atoms with van der Waals surface area (Å²) in [6.07, 6.45) is 3.90. The fraction of sp³-hybridized carbons (Fsp3) is 0.625. The maximum atomic E-state index is 3.56. The molecule has 1 aromatic rings. The van der Waals surface area contributed by atoms with Crippen molar-refractivity contribution < 1.29 is 0 Å². The highest BCUT2D eigenvalue weighted by molar-refractivity contribution is 5.22. The van der Waals surface area contributed by atoms with Gasteiger partial charge in [-0.2, -0.15) is 0 Å². The second-order valence-corrected chi connectivity index (χ2v) is 5.80. The van der Waals surface area contributed by atoms with Gasteiger partial charge in [-0.05, 0) is 57.8 Å². The molecule has 0 unspecified atom stereocenters. The van der Waals surface area contributed by atoms with Crippen molar-refractivity contribution in [1.82, 2.24) is 10.2 Å². The SMILES string of the molecule is CC(C)N(C)Cc1ccc(CCNC2CC2)cc1. The zero-order chi connectivity index (χ0) is 13.0. The molecule has 1 aliphatic rings. The minimum Gasteiger partial charge on any atom is -0.314 e. The number of hydrogen-bond acceptors (Lipinski definition) is 2. The molecule has 1 N–H and O–H groups in total. The zero-order valence-electron chi connectivity index (χ0n) is 11.9. The van der Waals surface area contributed by atoms with Gasteiger partial charge in [0.25, 0.3) is 0 Å². The number of benzene rings is 1. The summed E-state index contributed by atoms with van der Waals surface area (Å²) in [5.41, 5.74) is 2.85. The van der Waals surface area contributed by atoms with Gasteiger partial charge in [0.2, 0.25) is 0 Å². The molecule has 0 amide bonds. The van der Waals surface area contributed by atoms with Crippen molar-refractivity contribution >= 4 is 0 Å². The van der Waals surface area contributed by atoms with Crippen LogP contribution in [-0.4, -0.2) is 30.6 Å². The normalized spacial score (nSPS) is 15.6. The molecule has 0 radical (unpaired) electrons. The quantitative estimate of drug-likeness (QED) is 0.796. The van der Waals surface area contributed by atoms with Crippen LogP contribution in [0.3, 0.4) is 0 Å². The lowest BCUT2D eigenvalue weighted by Crippen LogP contribution is -2.25. The summed E-state index contributed by atoms with van der Waals surface area (Å²) in [5.74, 6) is 0. The van der Waals surface area contributed by atoms with Gasteiger partial charge in [-0.25, -0.2) is 0 Å². The predicted octanol–water partition coefficient (Wildman–Crippen LogP) is 2.82. The molecule has 2 nitrogen and oxygen atoms in total. The molecule has 0 heterocycles. The molecule has 1 fully saturated rings. The van der Waals surface area contributed by atoms with E-state index in [1.54, 1.807) is 0 Å². The van der Waals surface area contributed by atoms with E-state index in [0.29, 0.717) is 6.04 Å². The highest BCUT2D eigenvalue weighted by Gasteiger charge is 2.19. The first-order chi connectivity index (χ1) is 8.65. The molecule has 0 bridgehead atoms. The smallest absolute Gasteiger partial charge is 0.0233 e. The monoisotopic (exact) mass is 246 g/mol. The molecule has 1 saturated carbocycles. The van der Waals surface area contributed by atoms with Crippen LogP contribution in [0.15, 0.2) is 24.3 Å². The fourth-order valence-electron chi connectivity index (χ4n) is 1.99. The first-order valence-electron chi connectivity index (χ1n) is 7.16. The van der Waals surface area contributed by atoms with E-state index in [0.717, 1.165) is 25.6 Å². The molecule has 1 aliphatic carbocycles. The van der Waals surface area contributed by atoms with Gasteiger partial charge in [-0.3, -0.25) is 4.90 Å². The average molecular weight is 246 g/mol. The summed E-state index contributed by atoms with van der Waals surface area (Å²) < 4.78 is 0. The van der Waals surface area contributed by atoms with Crippen molar-refractivity contribution in [2.24, 2.45) is 0 Å². The first kappa shape index (κ1) is 13.6. The Labute approximate surface area is 111 Å². The Bertz CT molecular complexity index is 352. The van der Waals surface area contributed by atoms with E-state index in [1.165, 1.54) is 24.0 Å². The summed E-state index contributed by atoms with van der Waals surface area (Å²) in [6, 6.07) is 10.5. The van der Waals surface area contributed by atoms with Crippen molar-refractivity contribution in [2.45, 2.75) is 51.7 Å². The summed E-state index contributed by atoms with van der Waals surface area (Å²) in [5, 5.41) is 3.56. The van der Waals surface area contributed by atoms with Gasteiger partial charge in [0.15, 0.2) is 0 Å². The molecule has 2 heteroatoms. The van der Waals surface area contributed by atoms with E-state index < -0.39 is 0 Å². The van der Waals surface area contributed by atoms with Crippen molar-refractivity contribution in [3.63, 3.8) is 0 Å². The van der Waals surface area contributed by atoms with E-state index in [9.17, 15) is 0 Å². The molecule has 0 spiro atoms. The van der Waals surface area contributed by atoms with Gasteiger partial charge in [0.1, 0.15) is 0 Å². The van der Waals surface area contributed by atoms with Crippen LogP contribution in [-0.2, 0) is 13.0 Å². The Hall–Kier alpha value is -0.860. The third kappa shape index (κ3) is 4.43. The molecule has 0 saturated heterocycles. The highest BCUT2D eigenvalue weighted by atomic mass is 15.1. The van der Waals surface area contributed by atoms with Crippen LogP contribution in [0.25, 0.3) is 0 Å². The number of hydrogen-bond donors (Lipinski definition) is 1. The van der Waals surface area contributed by atoms with Crippen molar-refractivity contribution in [3.05, 3.63) is 35.4 Å². The van der Waals surface area contributed by atoms with Crippen molar-refractivity contribution in [3.8, 4) is 0 Å². The molecule has 0 aliphatic heterocycles. The topological polar surface area (TPSA) is 15.3 Å². The molecule has 2 rings (SSSR count). The van der Waals surface area contributed by atoms with E-state index in [4.69, 9.17) is 0 Å². The number of nitrogens with zero attached hydrogens (tertiary/aromatic N) is 1. The second-order valence-electron chi connectivity index (χ2n) is 5.80. The Balaban J connectivity index is 1.76. The van der Waals surface area contributed by atoms with Crippen LogP contribution in [0.2, 0.25) is 0 Å². The van der Waals surface area contributed by atoms with Gasteiger partial charge >= 0.3 is 0 Å². The van der Waals surface area contributed by atoms with E-state index in [2.05, 4.69) is 55.4 Å². The molecule has 18 heavy (non-hydrogen) atoms. The highest BCUT2D eigenvalue weighted by Crippen LogP contribution is 2.18. The number of nitrogens with one attached hydrogen (secondary N) is 1. The lowest BCUT2D eigenvalue weighted by Gasteiger charge is -2.21. The molecule has 1 aromatic carbocycles. The summed E-state index contributed by atoms with van der Waals surface area (Å²) in [7, 11) is 2.18. The predicted molar refractivity (Wildman–Crippen MR) is 77.8 cm³/mol. The minimum absolute atomic E-state index is 0.604. The molecular weight excluding hydrogens is 220 g/mol. The summed E-state index contributed by atoms with van der Waals surface area (Å²) >= 11 is 0. The Morgan fingerprint density at radius 1 is 1.17 bits per heavy atom. The lowest BCUT2D eigenvalue weighted by molar-refractivity contribution is 0.266. The molecule has 100 valence electrons. The lowest BCUT2D eigenvalue weighted by atomic mass is 10.1. The average Bonchev–Trinajstić information content (AvgIpc) is 3.15. The summed E-state index contributed by atoms with van der Waals surface area (Å²) in [4.78, 5) is 2.36. The first-order valence-corrected chi connectivity index (χ1v) is 7.16. The molecule has 0 atom stereocenters. The van der Waals surface area contributed by atoms with Gasteiger partial charge < -0.3 is 5.32 Å². The minimum atomic E-state index is 0.604. The van der Waals surface area contributed by atoms with Crippen LogP contribution < -0.4 is 5.32 Å². The van der Waals surface area contributed by atoms with E-state index in [1.807, 2.05) is 0 Å². The van der Waals surface area contributed by atoms with Crippen LogP contribution >= 0.6 is 0 Å². The van der Waals surface area contributed by atoms with Gasteiger partial charge in [0.05, 0.1) is 0 Å². The Morgan fingerprint density at radius 2 is 1.78 bits per heavy atom. The van der Waals surface area contributed by atoms with Crippen LogP contribution in [0.5, 0.6) is 0 Å². The maximum Gasteiger partial charge on any atom is 0.0233 e. The van der Waals surface area contributed by atoms with Gasteiger partial charge in [0, 0.05) is 18.6 Å². The third-order valence-electron chi connectivity index (χ3n) is 3.76. The largest absolute Gasteiger partial charge is 0.314 e. The Morgan fingerprint density at radius 3 is 2.33 bits per heavy atom. The maximum absolute atomic E-state index is 3.56. The Kier molecular flexibility index (Phi) is 4.79. The second kappa shape index (κ2) is 6.35. The van der Waals surface area contributed by atoms with Crippen LogP contribution in [0, 0.1) is 0 Å². The van der Waals surface area contributed by atoms with Crippen LogP contribution in [0.1, 0.15) is 37.8 Å². The molecule has 0 aromatic heterocycles.